The van der Waals surface area contributed by atoms with Gasteiger partial charge in [0.1, 0.15) is 6.61 Å². The maximum absolute atomic E-state index is 11.8. The third-order valence-corrected chi connectivity index (χ3v) is 2.77. The van der Waals surface area contributed by atoms with E-state index < -0.39 is 6.16 Å². The molecule has 0 atom stereocenters. The quantitative estimate of drug-likeness (QED) is 0.623. The van der Waals surface area contributed by atoms with Gasteiger partial charge in [-0.2, -0.15) is 0 Å². The standard InChI is InChI=1S/C16H16O5/c1-18-13-9-6-10-14(19-2)15(13)21-16(17)20-11-12-7-4-3-5-8-12/h3-10H,11H2,1-2H3. The van der Waals surface area contributed by atoms with E-state index in [4.69, 9.17) is 18.9 Å². The van der Waals surface area contributed by atoms with Gasteiger partial charge in [0.05, 0.1) is 14.2 Å². The molecule has 21 heavy (non-hydrogen) atoms. The first-order valence-electron chi connectivity index (χ1n) is 6.34. The zero-order chi connectivity index (χ0) is 15.1. The average Bonchev–Trinajstić information content (AvgIpc) is 2.54. The highest BCUT2D eigenvalue weighted by atomic mass is 16.7. The smallest absolute Gasteiger partial charge is 0.493 e. The minimum atomic E-state index is -0.818. The fourth-order valence-electron chi connectivity index (χ4n) is 1.75. The van der Waals surface area contributed by atoms with E-state index in [1.54, 1.807) is 18.2 Å². The van der Waals surface area contributed by atoms with Crippen LogP contribution in [0.1, 0.15) is 5.56 Å². The van der Waals surface area contributed by atoms with Crippen molar-refractivity contribution in [2.24, 2.45) is 0 Å². The molecule has 2 aromatic carbocycles. The van der Waals surface area contributed by atoms with Gasteiger partial charge in [-0.15, -0.1) is 0 Å². The van der Waals surface area contributed by atoms with E-state index in [0.717, 1.165) is 5.56 Å². The highest BCUT2D eigenvalue weighted by Gasteiger charge is 2.16. The Bertz CT molecular complexity index is 573. The third kappa shape index (κ3) is 3.89. The highest BCUT2D eigenvalue weighted by molar-refractivity contribution is 5.67. The van der Waals surface area contributed by atoms with Crippen molar-refractivity contribution in [1.82, 2.24) is 0 Å². The van der Waals surface area contributed by atoms with Gasteiger partial charge in [-0.3, -0.25) is 0 Å². The van der Waals surface area contributed by atoms with Gasteiger partial charge in [-0.05, 0) is 17.7 Å². The molecule has 0 aliphatic rings. The van der Waals surface area contributed by atoms with Crippen LogP contribution in [0, 0.1) is 0 Å². The first kappa shape index (κ1) is 14.7. The molecule has 0 heterocycles. The molecule has 0 saturated heterocycles. The van der Waals surface area contributed by atoms with Gasteiger partial charge < -0.3 is 18.9 Å². The van der Waals surface area contributed by atoms with E-state index in [2.05, 4.69) is 0 Å². The first-order valence-corrected chi connectivity index (χ1v) is 6.34. The molecule has 0 fully saturated rings. The molecule has 0 unspecified atom stereocenters. The van der Waals surface area contributed by atoms with Crippen LogP contribution in [0.25, 0.3) is 0 Å². The number of ether oxygens (including phenoxy) is 4. The summed E-state index contributed by atoms with van der Waals surface area (Å²) in [5.74, 6) is 0.984. The van der Waals surface area contributed by atoms with E-state index >= 15 is 0 Å². The van der Waals surface area contributed by atoms with E-state index in [1.807, 2.05) is 30.3 Å². The molecule has 2 aromatic rings. The van der Waals surface area contributed by atoms with Gasteiger partial charge in [-0.1, -0.05) is 36.4 Å². The largest absolute Gasteiger partial charge is 0.514 e. The molecule has 2 rings (SSSR count). The molecular weight excluding hydrogens is 272 g/mol. The summed E-state index contributed by atoms with van der Waals surface area (Å²) in [5.41, 5.74) is 0.876. The normalized spacial score (nSPS) is 9.81. The molecule has 0 amide bonds. The Balaban J connectivity index is 2.02. The van der Waals surface area contributed by atoms with E-state index in [1.165, 1.54) is 14.2 Å². The number of rotatable bonds is 5. The maximum atomic E-state index is 11.8. The van der Waals surface area contributed by atoms with Crippen molar-refractivity contribution in [2.75, 3.05) is 14.2 Å². The molecule has 0 bridgehead atoms. The van der Waals surface area contributed by atoms with Gasteiger partial charge in [0.25, 0.3) is 0 Å². The van der Waals surface area contributed by atoms with Gasteiger partial charge in [-0.25, -0.2) is 4.79 Å². The lowest BCUT2D eigenvalue weighted by atomic mass is 10.2. The van der Waals surface area contributed by atoms with Crippen LogP contribution in [-0.2, 0) is 11.3 Å². The van der Waals surface area contributed by atoms with Crippen LogP contribution in [0.2, 0.25) is 0 Å². The summed E-state index contributed by atoms with van der Waals surface area (Å²) in [6.07, 6.45) is -0.818. The number of hydrogen-bond acceptors (Lipinski definition) is 5. The monoisotopic (exact) mass is 288 g/mol. The van der Waals surface area contributed by atoms with Crippen molar-refractivity contribution in [3.05, 3.63) is 54.1 Å². The van der Waals surface area contributed by atoms with Crippen LogP contribution in [0.5, 0.6) is 17.2 Å². The summed E-state index contributed by atoms with van der Waals surface area (Å²) >= 11 is 0. The van der Waals surface area contributed by atoms with Crippen LogP contribution in [0.15, 0.2) is 48.5 Å². The molecule has 0 aliphatic heterocycles. The lowest BCUT2D eigenvalue weighted by Crippen LogP contribution is -2.11. The number of carbonyl (C=O) groups is 1. The summed E-state index contributed by atoms with van der Waals surface area (Å²) in [7, 11) is 2.97. The minimum Gasteiger partial charge on any atom is -0.493 e. The SMILES string of the molecule is COc1cccc(OC)c1OC(=O)OCc1ccccc1. The molecule has 0 spiro atoms. The zero-order valence-corrected chi connectivity index (χ0v) is 11.9. The molecule has 0 N–H and O–H groups in total. The lowest BCUT2D eigenvalue weighted by molar-refractivity contribution is 0.0905. The number of benzene rings is 2. The van der Waals surface area contributed by atoms with Crippen LogP contribution < -0.4 is 14.2 Å². The van der Waals surface area contributed by atoms with Crippen molar-refractivity contribution < 1.29 is 23.7 Å². The first-order chi connectivity index (χ1) is 10.2. The zero-order valence-electron chi connectivity index (χ0n) is 11.9. The van der Waals surface area contributed by atoms with Gasteiger partial charge in [0.15, 0.2) is 11.5 Å². The Morgan fingerprint density at radius 1 is 0.905 bits per heavy atom. The summed E-state index contributed by atoms with van der Waals surface area (Å²) in [6, 6.07) is 14.4. The average molecular weight is 288 g/mol. The van der Waals surface area contributed by atoms with Crippen LogP contribution in [0.3, 0.4) is 0 Å². The van der Waals surface area contributed by atoms with Crippen LogP contribution in [0.4, 0.5) is 4.79 Å². The third-order valence-electron chi connectivity index (χ3n) is 2.77. The summed E-state index contributed by atoms with van der Waals surface area (Å²) in [4.78, 5) is 11.8. The van der Waals surface area contributed by atoms with Crippen LogP contribution in [-0.4, -0.2) is 20.4 Å². The number of para-hydroxylation sites is 1. The molecule has 0 aliphatic carbocycles. The number of carbonyl (C=O) groups excluding carboxylic acids is 1. The Morgan fingerprint density at radius 3 is 2.10 bits per heavy atom. The second kappa shape index (κ2) is 7.19. The molecule has 5 heteroatoms. The van der Waals surface area contributed by atoms with Crippen molar-refractivity contribution in [2.45, 2.75) is 6.61 Å². The van der Waals surface area contributed by atoms with Crippen molar-refractivity contribution in [3.8, 4) is 17.2 Å². The second-order valence-corrected chi connectivity index (χ2v) is 4.12. The minimum absolute atomic E-state index is 0.136. The van der Waals surface area contributed by atoms with Crippen molar-refractivity contribution in [3.63, 3.8) is 0 Å². The second-order valence-electron chi connectivity index (χ2n) is 4.12. The predicted octanol–water partition coefficient (Wildman–Crippen LogP) is 3.42. The van der Waals surface area contributed by atoms with Crippen LogP contribution >= 0.6 is 0 Å². The molecule has 0 saturated carbocycles. The molecule has 5 nitrogen and oxygen atoms in total. The predicted molar refractivity (Wildman–Crippen MR) is 76.8 cm³/mol. The summed E-state index contributed by atoms with van der Waals surface area (Å²) in [6.45, 7) is 0.136. The van der Waals surface area contributed by atoms with Crippen molar-refractivity contribution in [1.29, 1.82) is 0 Å². The summed E-state index contributed by atoms with van der Waals surface area (Å²) < 4.78 is 20.5. The fourth-order valence-corrected chi connectivity index (χ4v) is 1.75. The van der Waals surface area contributed by atoms with E-state index in [9.17, 15) is 4.79 Å². The fraction of sp³-hybridized carbons (Fsp3) is 0.188. The molecule has 0 aromatic heterocycles. The number of methoxy groups -OCH3 is 2. The molecule has 110 valence electrons. The van der Waals surface area contributed by atoms with Gasteiger partial charge in [0, 0.05) is 0 Å². The molecular formula is C16H16O5. The number of hydrogen-bond donors (Lipinski definition) is 0. The van der Waals surface area contributed by atoms with E-state index in [-0.39, 0.29) is 12.4 Å². The Morgan fingerprint density at radius 2 is 1.52 bits per heavy atom. The Kier molecular flexibility index (Phi) is 5.04. The Labute approximate surface area is 123 Å². The summed E-state index contributed by atoms with van der Waals surface area (Å²) in [5, 5.41) is 0. The maximum Gasteiger partial charge on any atom is 0.514 e. The Hall–Kier alpha value is -2.69. The molecule has 0 radical (unpaired) electrons. The van der Waals surface area contributed by atoms with Gasteiger partial charge in [0.2, 0.25) is 5.75 Å². The van der Waals surface area contributed by atoms with Gasteiger partial charge >= 0.3 is 6.16 Å². The highest BCUT2D eigenvalue weighted by Crippen LogP contribution is 2.36. The van der Waals surface area contributed by atoms with E-state index in [0.29, 0.717) is 11.5 Å². The topological polar surface area (TPSA) is 54.0 Å². The van der Waals surface area contributed by atoms with Crippen molar-refractivity contribution >= 4 is 6.16 Å². The lowest BCUT2D eigenvalue weighted by Gasteiger charge is -2.12.